The van der Waals surface area contributed by atoms with Crippen molar-refractivity contribution in [1.82, 2.24) is 4.31 Å². The number of esters is 1. The molecule has 0 aliphatic heterocycles. The molecule has 0 saturated heterocycles. The van der Waals surface area contributed by atoms with Gasteiger partial charge in [0.25, 0.3) is 0 Å². The van der Waals surface area contributed by atoms with E-state index in [1.807, 2.05) is 30.3 Å². The van der Waals surface area contributed by atoms with Gasteiger partial charge < -0.3 is 9.15 Å². The van der Waals surface area contributed by atoms with Crippen molar-refractivity contribution < 1.29 is 35.5 Å². The number of halogens is 3. The van der Waals surface area contributed by atoms with Gasteiger partial charge in [0, 0.05) is 28.9 Å². The lowest BCUT2D eigenvalue weighted by Crippen LogP contribution is -2.32. The molecule has 0 fully saturated rings. The summed E-state index contributed by atoms with van der Waals surface area (Å²) in [6.45, 7) is 3.60. The van der Waals surface area contributed by atoms with Crippen LogP contribution in [0.1, 0.15) is 34.2 Å². The van der Waals surface area contributed by atoms with E-state index in [1.54, 1.807) is 13.8 Å². The van der Waals surface area contributed by atoms with Crippen LogP contribution in [0.2, 0.25) is 0 Å². The third-order valence-electron chi connectivity index (χ3n) is 6.01. The molecule has 0 atom stereocenters. The first-order chi connectivity index (χ1) is 18.5. The Morgan fingerprint density at radius 1 is 1.00 bits per heavy atom. The monoisotopic (exact) mass is 577 g/mol. The number of alkyl halides is 3. The molecule has 0 bridgehead atoms. The summed E-state index contributed by atoms with van der Waals surface area (Å²) in [5.41, 5.74) is -2.11. The number of benzene rings is 3. The highest BCUT2D eigenvalue weighted by Crippen LogP contribution is 2.37. The van der Waals surface area contributed by atoms with E-state index in [2.05, 4.69) is 0 Å². The number of ether oxygens (including phenoxy) is 1. The molecule has 206 valence electrons. The molecule has 39 heavy (non-hydrogen) atoms. The Morgan fingerprint density at radius 2 is 1.69 bits per heavy atom. The van der Waals surface area contributed by atoms with Gasteiger partial charge in [0.05, 0.1) is 11.5 Å². The van der Waals surface area contributed by atoms with Crippen LogP contribution in [0.15, 0.2) is 87.0 Å². The Morgan fingerprint density at radius 3 is 2.33 bits per heavy atom. The van der Waals surface area contributed by atoms with Crippen LogP contribution >= 0.6 is 11.8 Å². The van der Waals surface area contributed by atoms with Crippen LogP contribution in [0.3, 0.4) is 0 Å². The maximum Gasteiger partial charge on any atom is 0.446 e. The zero-order valence-corrected chi connectivity index (χ0v) is 22.8. The van der Waals surface area contributed by atoms with Gasteiger partial charge in [0.2, 0.25) is 15.8 Å². The van der Waals surface area contributed by atoms with E-state index < -0.39 is 21.5 Å². The minimum absolute atomic E-state index is 0.00613. The van der Waals surface area contributed by atoms with E-state index in [0.29, 0.717) is 28.5 Å². The number of carbonyl (C=O) groups excluding carboxylic acids is 1. The van der Waals surface area contributed by atoms with E-state index in [9.17, 15) is 26.4 Å². The van der Waals surface area contributed by atoms with Crippen LogP contribution in [-0.2, 0) is 27.7 Å². The average molecular weight is 578 g/mol. The van der Waals surface area contributed by atoms with Crippen LogP contribution in [0.5, 0.6) is 0 Å². The maximum absolute atomic E-state index is 13.9. The normalized spacial score (nSPS) is 12.3. The Labute approximate surface area is 228 Å². The van der Waals surface area contributed by atoms with Gasteiger partial charge in [-0.1, -0.05) is 42.5 Å². The van der Waals surface area contributed by atoms with E-state index in [0.717, 1.165) is 5.56 Å². The third kappa shape index (κ3) is 7.03. The predicted octanol–water partition coefficient (Wildman–Crippen LogP) is 6.96. The van der Waals surface area contributed by atoms with Gasteiger partial charge in [-0.25, -0.2) is 13.2 Å². The van der Waals surface area contributed by atoms with Gasteiger partial charge in [0.15, 0.2) is 0 Å². The largest absolute Gasteiger partial charge is 0.460 e. The van der Waals surface area contributed by atoms with Crippen molar-refractivity contribution in [2.24, 2.45) is 0 Å². The van der Waals surface area contributed by atoms with Crippen molar-refractivity contribution in [1.29, 1.82) is 0 Å². The summed E-state index contributed by atoms with van der Waals surface area (Å²) < 4.78 is 77.8. The first-order valence-corrected chi connectivity index (χ1v) is 14.3. The van der Waals surface area contributed by atoms with Gasteiger partial charge in [-0.2, -0.15) is 17.5 Å². The number of thioether (sulfide) groups is 1. The Balaban J connectivity index is 1.66. The lowest BCUT2D eigenvalue weighted by atomic mass is 10.1. The third-order valence-corrected chi connectivity index (χ3v) is 8.60. The first kappa shape index (κ1) is 28.7. The number of hydrogen-bond acceptors (Lipinski definition) is 6. The summed E-state index contributed by atoms with van der Waals surface area (Å²) in [4.78, 5) is 12.3. The number of rotatable bonds is 10. The molecule has 0 radical (unpaired) electrons. The lowest BCUT2D eigenvalue weighted by molar-refractivity contribution is -0.0328. The van der Waals surface area contributed by atoms with Crippen LogP contribution in [0, 0.1) is 6.92 Å². The number of carbonyl (C=O) groups is 1. The van der Waals surface area contributed by atoms with E-state index in [4.69, 9.17) is 9.15 Å². The molecule has 0 amide bonds. The molecule has 0 N–H and O–H groups in total. The van der Waals surface area contributed by atoms with Crippen LogP contribution in [0.4, 0.5) is 13.2 Å². The van der Waals surface area contributed by atoms with Crippen molar-refractivity contribution in [3.8, 4) is 0 Å². The highest BCUT2D eigenvalue weighted by atomic mass is 32.2. The average Bonchev–Trinajstić information content (AvgIpc) is 3.23. The Bertz CT molecular complexity index is 1550. The van der Waals surface area contributed by atoms with Crippen molar-refractivity contribution in [3.05, 3.63) is 95.2 Å². The molecule has 0 spiro atoms. The van der Waals surface area contributed by atoms with Crippen molar-refractivity contribution in [2.75, 3.05) is 13.2 Å². The second-order valence-electron chi connectivity index (χ2n) is 8.70. The first-order valence-electron chi connectivity index (χ1n) is 12.1. The quantitative estimate of drug-likeness (QED) is 0.150. The molecule has 6 nitrogen and oxygen atoms in total. The van der Waals surface area contributed by atoms with Gasteiger partial charge >= 0.3 is 11.5 Å². The molecular weight excluding hydrogens is 551 g/mol. The number of sulfonamides is 1. The fourth-order valence-corrected chi connectivity index (χ4v) is 6.08. The molecule has 0 aliphatic rings. The highest BCUT2D eigenvalue weighted by molar-refractivity contribution is 8.00. The topological polar surface area (TPSA) is 76.8 Å². The van der Waals surface area contributed by atoms with Crippen molar-refractivity contribution in [2.45, 2.75) is 42.1 Å². The molecule has 1 heterocycles. The van der Waals surface area contributed by atoms with Gasteiger partial charge in [-0.3, -0.25) is 0 Å². The Hall–Kier alpha value is -3.28. The number of hydrogen-bond donors (Lipinski definition) is 0. The number of aryl methyl sites for hydroxylation is 1. The standard InChI is InChI=1S/C28H26F3NO5S2/c1-3-36-27(33)26-19(2)24-17-23(13-14-25(24)37-26)39(34,35)32(16-15-20-7-5-4-6-8-20)18-21-9-11-22(12-10-21)38-28(29,30)31/h4-14,17H,3,15-16,18H2,1-2H3. The zero-order chi connectivity index (χ0) is 28.2. The number of nitrogens with zero attached hydrogens (tertiary/aromatic N) is 1. The minimum Gasteiger partial charge on any atom is -0.460 e. The molecule has 4 rings (SSSR count). The van der Waals surface area contributed by atoms with E-state index in [-0.39, 0.29) is 47.0 Å². The fraction of sp³-hybridized carbons (Fsp3) is 0.250. The predicted molar refractivity (Wildman–Crippen MR) is 143 cm³/mol. The molecule has 3 aromatic carbocycles. The minimum atomic E-state index is -4.41. The molecule has 4 aromatic rings. The molecule has 0 aliphatic carbocycles. The van der Waals surface area contributed by atoms with E-state index >= 15 is 0 Å². The molecule has 1 aromatic heterocycles. The van der Waals surface area contributed by atoms with Gasteiger partial charge in [0.1, 0.15) is 5.58 Å². The van der Waals surface area contributed by atoms with Crippen molar-refractivity contribution in [3.63, 3.8) is 0 Å². The summed E-state index contributed by atoms with van der Waals surface area (Å²) in [6.07, 6.45) is 0.433. The Kier molecular flexibility index (Phi) is 8.73. The summed E-state index contributed by atoms with van der Waals surface area (Å²) >= 11 is -0.226. The second-order valence-corrected chi connectivity index (χ2v) is 11.8. The molecule has 0 unspecified atom stereocenters. The SMILES string of the molecule is CCOC(=O)c1oc2ccc(S(=O)(=O)N(CCc3ccccc3)Cc3ccc(SC(F)(F)F)cc3)cc2c1C. The summed E-state index contributed by atoms with van der Waals surface area (Å²) in [7, 11) is -4.05. The van der Waals surface area contributed by atoms with Crippen molar-refractivity contribution >= 4 is 38.7 Å². The van der Waals surface area contributed by atoms with Gasteiger partial charge in [-0.05, 0) is 73.5 Å². The molecular formula is C28H26F3NO5S2. The number of fused-ring (bicyclic) bond motifs is 1. The van der Waals surface area contributed by atoms with Crippen LogP contribution in [0.25, 0.3) is 11.0 Å². The van der Waals surface area contributed by atoms with Crippen LogP contribution < -0.4 is 0 Å². The van der Waals surface area contributed by atoms with Gasteiger partial charge in [-0.15, -0.1) is 0 Å². The summed E-state index contributed by atoms with van der Waals surface area (Å²) in [6, 6.07) is 19.4. The maximum atomic E-state index is 13.9. The van der Waals surface area contributed by atoms with E-state index in [1.165, 1.54) is 46.8 Å². The molecule has 11 heteroatoms. The number of furan rings is 1. The van der Waals surface area contributed by atoms with Crippen LogP contribution in [-0.4, -0.2) is 37.4 Å². The molecule has 0 saturated carbocycles. The fourth-order valence-electron chi connectivity index (χ4n) is 4.08. The second kappa shape index (κ2) is 11.8. The zero-order valence-electron chi connectivity index (χ0n) is 21.2. The lowest BCUT2D eigenvalue weighted by Gasteiger charge is -2.23. The highest BCUT2D eigenvalue weighted by Gasteiger charge is 2.30. The summed E-state index contributed by atoms with van der Waals surface area (Å²) in [5.74, 6) is -0.619. The summed E-state index contributed by atoms with van der Waals surface area (Å²) in [5, 5.41) is 0.468. The smallest absolute Gasteiger partial charge is 0.446 e.